The van der Waals surface area contributed by atoms with Crippen molar-refractivity contribution in [3.8, 4) is 11.5 Å². The van der Waals surface area contributed by atoms with Crippen molar-refractivity contribution in [1.29, 1.82) is 0 Å². The van der Waals surface area contributed by atoms with Gasteiger partial charge >= 0.3 is 0 Å². The molecular weight excluding hydrogens is 443 g/mol. The lowest BCUT2D eigenvalue weighted by Gasteiger charge is -2.22. The van der Waals surface area contributed by atoms with E-state index in [0.717, 1.165) is 27.1 Å². The van der Waals surface area contributed by atoms with Gasteiger partial charge in [-0.2, -0.15) is 0 Å². The Bertz CT molecular complexity index is 692. The van der Waals surface area contributed by atoms with Gasteiger partial charge in [-0.25, -0.2) is 0 Å². The molecule has 0 aliphatic carbocycles. The summed E-state index contributed by atoms with van der Waals surface area (Å²) in [6, 6.07) is 9.28. The van der Waals surface area contributed by atoms with Crippen LogP contribution in [0.15, 0.2) is 34.8 Å². The van der Waals surface area contributed by atoms with E-state index >= 15 is 0 Å². The predicted molar refractivity (Wildman–Crippen MR) is 92.4 cm³/mol. The zero-order chi connectivity index (χ0) is 15.0. The van der Waals surface area contributed by atoms with Gasteiger partial charge < -0.3 is 9.47 Å². The molecule has 3 rings (SSSR count). The van der Waals surface area contributed by atoms with Gasteiger partial charge in [0.05, 0.1) is 4.83 Å². The summed E-state index contributed by atoms with van der Waals surface area (Å²) in [4.78, 5) is -0.103. The Morgan fingerprint density at radius 3 is 2.33 bits per heavy atom. The summed E-state index contributed by atoms with van der Waals surface area (Å²) in [5, 5.41) is 1.30. The van der Waals surface area contributed by atoms with Crippen LogP contribution in [-0.4, -0.2) is 13.2 Å². The molecule has 0 aromatic heterocycles. The molecular formula is C15H10Br2Cl2O2. The summed E-state index contributed by atoms with van der Waals surface area (Å²) in [7, 11) is 0. The lowest BCUT2D eigenvalue weighted by Crippen LogP contribution is -2.15. The molecule has 1 atom stereocenters. The first-order valence-corrected chi connectivity index (χ1v) is 8.71. The molecule has 0 radical (unpaired) electrons. The molecule has 0 saturated heterocycles. The molecule has 0 bridgehead atoms. The summed E-state index contributed by atoms with van der Waals surface area (Å²) < 4.78 is 12.1. The zero-order valence-corrected chi connectivity index (χ0v) is 15.4. The lowest BCUT2D eigenvalue weighted by atomic mass is 10.0. The SMILES string of the molecule is Clc1ccc(Cl)c(C(Br)c2cc3c(cc2Br)OCCO3)c1. The zero-order valence-electron chi connectivity index (χ0n) is 10.7. The fraction of sp³-hybridized carbons (Fsp3) is 0.200. The average molecular weight is 453 g/mol. The minimum absolute atomic E-state index is 0.103. The van der Waals surface area contributed by atoms with Crippen LogP contribution in [0.2, 0.25) is 10.0 Å². The van der Waals surface area contributed by atoms with Crippen molar-refractivity contribution in [2.24, 2.45) is 0 Å². The quantitative estimate of drug-likeness (QED) is 0.519. The summed E-state index contributed by atoms with van der Waals surface area (Å²) >= 11 is 19.6. The topological polar surface area (TPSA) is 18.5 Å². The van der Waals surface area contributed by atoms with Crippen LogP contribution in [0.3, 0.4) is 0 Å². The van der Waals surface area contributed by atoms with Crippen LogP contribution in [0, 0.1) is 0 Å². The predicted octanol–water partition coefficient (Wildman–Crippen LogP) is 6.01. The van der Waals surface area contributed by atoms with E-state index in [0.29, 0.717) is 23.3 Å². The van der Waals surface area contributed by atoms with E-state index in [9.17, 15) is 0 Å². The standard InChI is InChI=1S/C15H10Br2Cl2O2/c16-11-7-14-13(20-3-4-21-14)6-9(11)15(17)10-5-8(18)1-2-12(10)19/h1-2,5-7,15H,3-4H2. The Balaban J connectivity index is 2.05. The van der Waals surface area contributed by atoms with Crippen molar-refractivity contribution in [2.45, 2.75) is 4.83 Å². The van der Waals surface area contributed by atoms with Gasteiger partial charge in [-0.3, -0.25) is 0 Å². The summed E-state index contributed by atoms with van der Waals surface area (Å²) in [6.07, 6.45) is 0. The van der Waals surface area contributed by atoms with Crippen molar-refractivity contribution < 1.29 is 9.47 Å². The Labute approximate surface area is 149 Å². The van der Waals surface area contributed by atoms with Gasteiger partial charge in [-0.15, -0.1) is 0 Å². The smallest absolute Gasteiger partial charge is 0.162 e. The highest BCUT2D eigenvalue weighted by atomic mass is 79.9. The first kappa shape index (κ1) is 15.5. The average Bonchev–Trinajstić information content (AvgIpc) is 2.48. The maximum Gasteiger partial charge on any atom is 0.162 e. The molecule has 110 valence electrons. The highest BCUT2D eigenvalue weighted by molar-refractivity contribution is 9.11. The van der Waals surface area contributed by atoms with Gasteiger partial charge in [-0.05, 0) is 41.5 Å². The summed E-state index contributed by atoms with van der Waals surface area (Å²) in [5.41, 5.74) is 1.91. The minimum Gasteiger partial charge on any atom is -0.486 e. The number of fused-ring (bicyclic) bond motifs is 1. The number of ether oxygens (including phenoxy) is 2. The third-order valence-electron chi connectivity index (χ3n) is 3.17. The van der Waals surface area contributed by atoms with Crippen LogP contribution in [0.4, 0.5) is 0 Å². The first-order chi connectivity index (χ1) is 10.1. The van der Waals surface area contributed by atoms with Gasteiger partial charge in [0.1, 0.15) is 13.2 Å². The van der Waals surface area contributed by atoms with E-state index in [-0.39, 0.29) is 4.83 Å². The Morgan fingerprint density at radius 1 is 0.952 bits per heavy atom. The van der Waals surface area contributed by atoms with E-state index in [1.54, 1.807) is 12.1 Å². The van der Waals surface area contributed by atoms with E-state index in [1.807, 2.05) is 18.2 Å². The van der Waals surface area contributed by atoms with Crippen LogP contribution in [0.25, 0.3) is 0 Å². The minimum atomic E-state index is -0.103. The highest BCUT2D eigenvalue weighted by Gasteiger charge is 2.21. The van der Waals surface area contributed by atoms with Gasteiger partial charge in [-0.1, -0.05) is 55.1 Å². The molecule has 1 aliphatic heterocycles. The van der Waals surface area contributed by atoms with Crippen LogP contribution in [-0.2, 0) is 0 Å². The molecule has 0 fully saturated rings. The van der Waals surface area contributed by atoms with Gasteiger partial charge in [0, 0.05) is 14.5 Å². The molecule has 21 heavy (non-hydrogen) atoms. The molecule has 1 heterocycles. The number of halogens is 4. The molecule has 0 amide bonds. The maximum absolute atomic E-state index is 6.28. The van der Waals surface area contributed by atoms with Crippen molar-refractivity contribution in [1.82, 2.24) is 0 Å². The number of alkyl halides is 1. The molecule has 2 nitrogen and oxygen atoms in total. The van der Waals surface area contributed by atoms with E-state index in [1.165, 1.54) is 0 Å². The normalized spacial score (nSPS) is 14.9. The fourth-order valence-electron chi connectivity index (χ4n) is 2.15. The molecule has 1 unspecified atom stereocenters. The number of hydrogen-bond acceptors (Lipinski definition) is 2. The number of benzene rings is 2. The maximum atomic E-state index is 6.28. The van der Waals surface area contributed by atoms with E-state index < -0.39 is 0 Å². The molecule has 0 spiro atoms. The molecule has 1 aliphatic rings. The largest absolute Gasteiger partial charge is 0.486 e. The Kier molecular flexibility index (Phi) is 4.69. The van der Waals surface area contributed by atoms with Crippen molar-refractivity contribution >= 4 is 55.1 Å². The second kappa shape index (κ2) is 6.37. The Hall–Kier alpha value is -0.420. The van der Waals surface area contributed by atoms with Gasteiger partial charge in [0.15, 0.2) is 11.5 Å². The number of rotatable bonds is 2. The van der Waals surface area contributed by atoms with E-state index in [2.05, 4.69) is 31.9 Å². The highest BCUT2D eigenvalue weighted by Crippen LogP contribution is 2.44. The van der Waals surface area contributed by atoms with Crippen LogP contribution >= 0.6 is 55.1 Å². The van der Waals surface area contributed by atoms with Crippen LogP contribution < -0.4 is 9.47 Å². The molecule has 6 heteroatoms. The first-order valence-electron chi connectivity index (χ1n) is 6.24. The van der Waals surface area contributed by atoms with Gasteiger partial charge in [0.2, 0.25) is 0 Å². The third-order valence-corrected chi connectivity index (χ3v) is 5.42. The van der Waals surface area contributed by atoms with Crippen molar-refractivity contribution in [3.63, 3.8) is 0 Å². The second-order valence-electron chi connectivity index (χ2n) is 4.55. The summed E-state index contributed by atoms with van der Waals surface area (Å²) in [6.45, 7) is 1.12. The summed E-state index contributed by atoms with van der Waals surface area (Å²) in [5.74, 6) is 1.48. The molecule has 0 N–H and O–H groups in total. The molecule has 2 aromatic carbocycles. The lowest BCUT2D eigenvalue weighted by molar-refractivity contribution is 0.171. The van der Waals surface area contributed by atoms with Crippen molar-refractivity contribution in [3.05, 3.63) is 56.0 Å². The second-order valence-corrected chi connectivity index (χ2v) is 7.16. The number of hydrogen-bond donors (Lipinski definition) is 0. The van der Waals surface area contributed by atoms with E-state index in [4.69, 9.17) is 32.7 Å². The third kappa shape index (κ3) is 3.19. The fourth-order valence-corrected chi connectivity index (χ4v) is 4.31. The molecule has 2 aromatic rings. The van der Waals surface area contributed by atoms with Crippen LogP contribution in [0.5, 0.6) is 11.5 Å². The van der Waals surface area contributed by atoms with Crippen LogP contribution in [0.1, 0.15) is 16.0 Å². The Morgan fingerprint density at radius 2 is 1.62 bits per heavy atom. The monoisotopic (exact) mass is 450 g/mol. The molecule has 0 saturated carbocycles. The van der Waals surface area contributed by atoms with Gasteiger partial charge in [0.25, 0.3) is 0 Å². The van der Waals surface area contributed by atoms with Crippen molar-refractivity contribution in [2.75, 3.05) is 13.2 Å².